The van der Waals surface area contributed by atoms with Gasteiger partial charge in [0.1, 0.15) is 5.82 Å². The third-order valence-corrected chi connectivity index (χ3v) is 5.40. The fraction of sp³-hybridized carbons (Fsp3) is 0.381. The van der Waals surface area contributed by atoms with Crippen LogP contribution >= 0.6 is 0 Å². The summed E-state index contributed by atoms with van der Waals surface area (Å²) in [6.07, 6.45) is 9.05. The van der Waals surface area contributed by atoms with Gasteiger partial charge in [-0.15, -0.1) is 0 Å². The number of carbonyl (C=O) groups is 1. The highest BCUT2D eigenvalue weighted by atomic mass is 16.2. The third-order valence-electron chi connectivity index (χ3n) is 5.40. The first-order valence-corrected chi connectivity index (χ1v) is 9.53. The van der Waals surface area contributed by atoms with Gasteiger partial charge >= 0.3 is 0 Å². The molecule has 1 aliphatic heterocycles. The highest BCUT2D eigenvalue weighted by Crippen LogP contribution is 2.25. The van der Waals surface area contributed by atoms with Gasteiger partial charge in [-0.25, -0.2) is 9.97 Å². The number of hydrogen-bond donors (Lipinski definition) is 1. The minimum absolute atomic E-state index is 0.00605. The fourth-order valence-electron chi connectivity index (χ4n) is 3.71. The highest BCUT2D eigenvalue weighted by Gasteiger charge is 2.23. The summed E-state index contributed by atoms with van der Waals surface area (Å²) in [5.74, 6) is 0.602. The maximum atomic E-state index is 12.6. The number of pyridine rings is 1. The van der Waals surface area contributed by atoms with E-state index in [2.05, 4.69) is 32.3 Å². The van der Waals surface area contributed by atoms with E-state index in [0.717, 1.165) is 35.1 Å². The van der Waals surface area contributed by atoms with E-state index in [-0.39, 0.29) is 11.9 Å². The molecule has 27 heavy (non-hydrogen) atoms. The van der Waals surface area contributed by atoms with Crippen LogP contribution in [0.15, 0.2) is 43.0 Å². The molecule has 1 saturated heterocycles. The number of piperidine rings is 1. The molecule has 0 spiro atoms. The maximum Gasteiger partial charge on any atom is 0.242 e. The number of likely N-dealkylation sites (tertiary alicyclic amines) is 1. The topological polar surface area (TPSA) is 63.1 Å². The second-order valence-electron chi connectivity index (χ2n) is 7.28. The van der Waals surface area contributed by atoms with Gasteiger partial charge in [0.15, 0.2) is 0 Å². The first kappa shape index (κ1) is 17.7. The predicted octanol–water partition coefficient (Wildman–Crippen LogP) is 3.45. The summed E-state index contributed by atoms with van der Waals surface area (Å²) in [5, 5.41) is 5.08. The van der Waals surface area contributed by atoms with Gasteiger partial charge in [0.25, 0.3) is 0 Å². The standard InChI is InChI=1S/C21H25N5O/c1-15(26-8-4-3-5-9-26)21(27)24-20-11-18-10-16(6-7-17(18)12-23-20)19-13-22-14-25(19)2/h6-7,10-15H,3-5,8-9H2,1-2H3,(H,23,24,27). The van der Waals surface area contributed by atoms with Gasteiger partial charge in [-0.1, -0.05) is 18.6 Å². The van der Waals surface area contributed by atoms with Crippen LogP contribution in [0.25, 0.3) is 22.0 Å². The minimum atomic E-state index is -0.136. The molecule has 4 rings (SSSR count). The summed E-state index contributed by atoms with van der Waals surface area (Å²) >= 11 is 0. The Kier molecular flexibility index (Phi) is 4.90. The molecule has 3 aromatic rings. The van der Waals surface area contributed by atoms with Crippen molar-refractivity contribution < 1.29 is 4.79 Å². The highest BCUT2D eigenvalue weighted by molar-refractivity contribution is 5.96. The van der Waals surface area contributed by atoms with Crippen molar-refractivity contribution in [3.8, 4) is 11.3 Å². The first-order valence-electron chi connectivity index (χ1n) is 9.53. The largest absolute Gasteiger partial charge is 0.334 e. The normalized spacial score (nSPS) is 16.4. The van der Waals surface area contributed by atoms with E-state index in [1.165, 1.54) is 19.3 Å². The van der Waals surface area contributed by atoms with Crippen LogP contribution in [0.2, 0.25) is 0 Å². The second-order valence-corrected chi connectivity index (χ2v) is 7.28. The van der Waals surface area contributed by atoms with E-state index >= 15 is 0 Å². The third kappa shape index (κ3) is 3.71. The van der Waals surface area contributed by atoms with Crippen molar-refractivity contribution in [2.24, 2.45) is 7.05 Å². The number of nitrogens with one attached hydrogen (secondary N) is 1. The summed E-state index contributed by atoms with van der Waals surface area (Å²) in [6, 6.07) is 8.03. The Bertz CT molecular complexity index is 958. The summed E-state index contributed by atoms with van der Waals surface area (Å²) in [7, 11) is 1.98. The number of nitrogens with zero attached hydrogens (tertiary/aromatic N) is 4. The van der Waals surface area contributed by atoms with Crippen molar-refractivity contribution in [2.75, 3.05) is 18.4 Å². The molecule has 3 heterocycles. The van der Waals surface area contributed by atoms with Crippen LogP contribution < -0.4 is 5.32 Å². The summed E-state index contributed by atoms with van der Waals surface area (Å²) in [4.78, 5) is 23.5. The molecule has 0 saturated carbocycles. The Morgan fingerprint density at radius 2 is 1.93 bits per heavy atom. The average Bonchev–Trinajstić information content (AvgIpc) is 3.13. The van der Waals surface area contributed by atoms with Crippen molar-refractivity contribution in [2.45, 2.75) is 32.2 Å². The molecule has 1 atom stereocenters. The van der Waals surface area contributed by atoms with Crippen molar-refractivity contribution in [3.05, 3.63) is 43.0 Å². The van der Waals surface area contributed by atoms with Gasteiger partial charge in [-0.2, -0.15) is 0 Å². The molecule has 2 aromatic heterocycles. The average molecular weight is 363 g/mol. The number of carbonyl (C=O) groups excluding carboxylic acids is 1. The lowest BCUT2D eigenvalue weighted by molar-refractivity contribution is -0.121. The quantitative estimate of drug-likeness (QED) is 0.771. The number of hydrogen-bond acceptors (Lipinski definition) is 4. The van der Waals surface area contributed by atoms with E-state index < -0.39 is 0 Å². The van der Waals surface area contributed by atoms with Crippen LogP contribution in [0.1, 0.15) is 26.2 Å². The number of amides is 1. The lowest BCUT2D eigenvalue weighted by atomic mass is 10.1. The fourth-order valence-corrected chi connectivity index (χ4v) is 3.71. The zero-order valence-electron chi connectivity index (χ0n) is 15.9. The molecule has 1 fully saturated rings. The zero-order chi connectivity index (χ0) is 18.8. The molecule has 6 nitrogen and oxygen atoms in total. The molecular weight excluding hydrogens is 338 g/mol. The molecule has 140 valence electrons. The van der Waals surface area contributed by atoms with Crippen LogP contribution in [-0.2, 0) is 11.8 Å². The van der Waals surface area contributed by atoms with Crippen LogP contribution in [0.4, 0.5) is 5.82 Å². The molecule has 0 radical (unpaired) electrons. The number of fused-ring (bicyclic) bond motifs is 1. The Labute approximate surface area is 159 Å². The van der Waals surface area contributed by atoms with Gasteiger partial charge in [-0.05, 0) is 50.4 Å². The van der Waals surface area contributed by atoms with Crippen molar-refractivity contribution in [3.63, 3.8) is 0 Å². The van der Waals surface area contributed by atoms with Crippen LogP contribution in [0, 0.1) is 0 Å². The van der Waals surface area contributed by atoms with E-state index in [1.54, 1.807) is 6.33 Å². The molecule has 1 unspecified atom stereocenters. The second kappa shape index (κ2) is 7.48. The lowest BCUT2D eigenvalue weighted by Crippen LogP contribution is -2.44. The summed E-state index contributed by atoms with van der Waals surface area (Å²) < 4.78 is 1.99. The summed E-state index contributed by atoms with van der Waals surface area (Å²) in [6.45, 7) is 3.96. The lowest BCUT2D eigenvalue weighted by Gasteiger charge is -2.31. The predicted molar refractivity (Wildman–Crippen MR) is 107 cm³/mol. The van der Waals surface area contributed by atoms with E-state index in [9.17, 15) is 4.79 Å². The Balaban J connectivity index is 1.55. The first-order chi connectivity index (χ1) is 13.1. The van der Waals surface area contributed by atoms with Crippen LogP contribution in [0.5, 0.6) is 0 Å². The molecule has 0 aliphatic carbocycles. The molecule has 0 bridgehead atoms. The molecule has 1 N–H and O–H groups in total. The Hall–Kier alpha value is -2.73. The molecule has 1 aromatic carbocycles. The number of aryl methyl sites for hydroxylation is 1. The SMILES string of the molecule is CC(C(=O)Nc1cc2cc(-c3cncn3C)ccc2cn1)N1CCCCC1. The van der Waals surface area contributed by atoms with E-state index in [4.69, 9.17) is 0 Å². The minimum Gasteiger partial charge on any atom is -0.334 e. The smallest absolute Gasteiger partial charge is 0.242 e. The Morgan fingerprint density at radius 3 is 2.67 bits per heavy atom. The van der Waals surface area contributed by atoms with Gasteiger partial charge in [0.2, 0.25) is 5.91 Å². The zero-order valence-corrected chi connectivity index (χ0v) is 15.9. The van der Waals surface area contributed by atoms with Gasteiger partial charge in [0.05, 0.1) is 24.3 Å². The van der Waals surface area contributed by atoms with Crippen molar-refractivity contribution >= 4 is 22.5 Å². The number of anilines is 1. The summed E-state index contributed by atoms with van der Waals surface area (Å²) in [5.41, 5.74) is 2.14. The van der Waals surface area contributed by atoms with E-state index in [1.807, 2.05) is 43.1 Å². The molecule has 1 aliphatic rings. The van der Waals surface area contributed by atoms with Crippen molar-refractivity contribution in [1.82, 2.24) is 19.4 Å². The van der Waals surface area contributed by atoms with Crippen molar-refractivity contribution in [1.29, 1.82) is 0 Å². The molecule has 6 heteroatoms. The molecular formula is C21H25N5O. The number of benzene rings is 1. The van der Waals surface area contributed by atoms with E-state index in [0.29, 0.717) is 5.82 Å². The number of rotatable bonds is 4. The van der Waals surface area contributed by atoms with Crippen LogP contribution in [-0.4, -0.2) is 44.5 Å². The number of aromatic nitrogens is 3. The van der Waals surface area contributed by atoms with Gasteiger partial charge < -0.3 is 9.88 Å². The molecule has 1 amide bonds. The Morgan fingerprint density at radius 1 is 1.11 bits per heavy atom. The van der Waals surface area contributed by atoms with Gasteiger partial charge in [0, 0.05) is 24.2 Å². The van der Waals surface area contributed by atoms with Crippen LogP contribution in [0.3, 0.4) is 0 Å². The maximum absolute atomic E-state index is 12.6. The number of imidazole rings is 1. The monoisotopic (exact) mass is 363 g/mol. The van der Waals surface area contributed by atoms with Gasteiger partial charge in [-0.3, -0.25) is 9.69 Å².